The number of nitrogens with two attached hydrogens (primary N) is 1. The van der Waals surface area contributed by atoms with Gasteiger partial charge in [0.15, 0.2) is 0 Å². The van der Waals surface area contributed by atoms with Gasteiger partial charge in [0.2, 0.25) is 6.23 Å². The summed E-state index contributed by atoms with van der Waals surface area (Å²) in [6.07, 6.45) is 3.97. The van der Waals surface area contributed by atoms with Gasteiger partial charge in [0, 0.05) is 12.6 Å². The summed E-state index contributed by atoms with van der Waals surface area (Å²) >= 11 is 0. The van der Waals surface area contributed by atoms with Crippen molar-refractivity contribution in [3.63, 3.8) is 0 Å². The van der Waals surface area contributed by atoms with Crippen LogP contribution in [0.5, 0.6) is 0 Å². The van der Waals surface area contributed by atoms with Crippen molar-refractivity contribution in [2.24, 2.45) is 0 Å². The third kappa shape index (κ3) is 4.56. The van der Waals surface area contributed by atoms with Gasteiger partial charge in [0.1, 0.15) is 24.3 Å². The van der Waals surface area contributed by atoms with E-state index in [4.69, 9.17) is 15.2 Å². The Bertz CT molecular complexity index is 640. The van der Waals surface area contributed by atoms with Crippen LogP contribution < -0.4 is 11.4 Å². The SMILES string of the molecule is CCCCCC(=O)OCC1=C[C@@H](O)C(n2ccc(N)nc2=O)O1. The van der Waals surface area contributed by atoms with Crippen molar-refractivity contribution in [3.8, 4) is 0 Å². The molecule has 0 amide bonds. The molecule has 2 rings (SSSR count). The number of nitrogens with zero attached hydrogens (tertiary/aromatic N) is 2. The maximum absolute atomic E-state index is 11.8. The van der Waals surface area contributed by atoms with Crippen LogP contribution in [0.15, 0.2) is 28.9 Å². The fourth-order valence-electron chi connectivity index (χ4n) is 2.20. The van der Waals surface area contributed by atoms with Gasteiger partial charge in [-0.1, -0.05) is 19.8 Å². The van der Waals surface area contributed by atoms with Gasteiger partial charge in [0.25, 0.3) is 0 Å². The lowest BCUT2D eigenvalue weighted by Gasteiger charge is -2.18. The molecule has 8 heteroatoms. The van der Waals surface area contributed by atoms with E-state index in [1.54, 1.807) is 0 Å². The monoisotopic (exact) mass is 323 g/mol. The number of aromatic nitrogens is 2. The van der Waals surface area contributed by atoms with Crippen molar-refractivity contribution in [1.29, 1.82) is 0 Å². The van der Waals surface area contributed by atoms with Gasteiger partial charge in [-0.2, -0.15) is 4.98 Å². The lowest BCUT2D eigenvalue weighted by molar-refractivity contribution is -0.144. The molecule has 1 aromatic heterocycles. The van der Waals surface area contributed by atoms with E-state index in [2.05, 4.69) is 11.9 Å². The second-order valence-corrected chi connectivity index (χ2v) is 5.29. The number of ether oxygens (including phenoxy) is 2. The quantitative estimate of drug-likeness (QED) is 0.561. The number of anilines is 1. The van der Waals surface area contributed by atoms with Crippen LogP contribution in [0.4, 0.5) is 5.82 Å². The van der Waals surface area contributed by atoms with Crippen LogP contribution >= 0.6 is 0 Å². The molecule has 2 heterocycles. The highest BCUT2D eigenvalue weighted by atomic mass is 16.6. The first-order chi connectivity index (χ1) is 11.0. The fourth-order valence-corrected chi connectivity index (χ4v) is 2.20. The van der Waals surface area contributed by atoms with Crippen LogP contribution in [-0.4, -0.2) is 33.3 Å². The molecule has 8 nitrogen and oxygen atoms in total. The van der Waals surface area contributed by atoms with Crippen LogP contribution in [0.1, 0.15) is 38.8 Å². The highest BCUT2D eigenvalue weighted by molar-refractivity contribution is 5.69. The molecule has 1 aromatic rings. The zero-order valence-electron chi connectivity index (χ0n) is 13.0. The number of carbonyl (C=O) groups is 1. The van der Waals surface area contributed by atoms with Crippen molar-refractivity contribution < 1.29 is 19.4 Å². The molecular weight excluding hydrogens is 302 g/mol. The van der Waals surface area contributed by atoms with E-state index in [1.807, 2.05) is 0 Å². The van der Waals surface area contributed by atoms with Crippen molar-refractivity contribution in [3.05, 3.63) is 34.6 Å². The molecule has 2 atom stereocenters. The van der Waals surface area contributed by atoms with Crippen LogP contribution in [0, 0.1) is 0 Å². The third-order valence-corrected chi connectivity index (χ3v) is 3.41. The van der Waals surface area contributed by atoms with E-state index in [1.165, 1.54) is 18.3 Å². The molecule has 23 heavy (non-hydrogen) atoms. The number of unbranched alkanes of at least 4 members (excludes halogenated alkanes) is 2. The highest BCUT2D eigenvalue weighted by Gasteiger charge is 2.30. The molecule has 1 aliphatic heterocycles. The Morgan fingerprint density at radius 1 is 1.52 bits per heavy atom. The minimum absolute atomic E-state index is 0.0737. The lowest BCUT2D eigenvalue weighted by atomic mass is 10.2. The Morgan fingerprint density at radius 2 is 2.30 bits per heavy atom. The molecular formula is C15H21N3O5. The van der Waals surface area contributed by atoms with E-state index >= 15 is 0 Å². The lowest BCUT2D eigenvalue weighted by Crippen LogP contribution is -2.32. The van der Waals surface area contributed by atoms with Gasteiger partial charge < -0.3 is 20.3 Å². The highest BCUT2D eigenvalue weighted by Crippen LogP contribution is 2.25. The van der Waals surface area contributed by atoms with Crippen LogP contribution in [0.3, 0.4) is 0 Å². The maximum Gasteiger partial charge on any atom is 0.352 e. The van der Waals surface area contributed by atoms with Crippen molar-refractivity contribution in [1.82, 2.24) is 9.55 Å². The molecule has 0 spiro atoms. The largest absolute Gasteiger partial charge is 0.468 e. The number of carbonyl (C=O) groups excluding carboxylic acids is 1. The summed E-state index contributed by atoms with van der Waals surface area (Å²) in [6.45, 7) is 1.98. The van der Waals surface area contributed by atoms with E-state index < -0.39 is 18.0 Å². The summed E-state index contributed by atoms with van der Waals surface area (Å²) in [5.74, 6) is 0.0789. The van der Waals surface area contributed by atoms with E-state index in [0.717, 1.165) is 23.8 Å². The molecule has 1 aliphatic rings. The van der Waals surface area contributed by atoms with E-state index in [-0.39, 0.29) is 18.4 Å². The predicted molar refractivity (Wildman–Crippen MR) is 82.2 cm³/mol. The molecule has 0 fully saturated rings. The third-order valence-electron chi connectivity index (χ3n) is 3.41. The molecule has 0 aromatic carbocycles. The first kappa shape index (κ1) is 17.0. The van der Waals surface area contributed by atoms with Crippen molar-refractivity contribution in [2.75, 3.05) is 12.3 Å². The normalized spacial score (nSPS) is 20.0. The Hall–Kier alpha value is -2.35. The number of rotatable bonds is 7. The fraction of sp³-hybridized carbons (Fsp3) is 0.533. The zero-order chi connectivity index (χ0) is 16.8. The average molecular weight is 323 g/mol. The number of aliphatic hydroxyl groups is 1. The maximum atomic E-state index is 11.8. The topological polar surface area (TPSA) is 117 Å². The number of esters is 1. The zero-order valence-corrected chi connectivity index (χ0v) is 13.0. The van der Waals surface area contributed by atoms with Gasteiger partial charge >= 0.3 is 11.7 Å². The van der Waals surface area contributed by atoms with Gasteiger partial charge in [-0.05, 0) is 18.6 Å². The van der Waals surface area contributed by atoms with Crippen LogP contribution in [0.25, 0.3) is 0 Å². The van der Waals surface area contributed by atoms with Gasteiger partial charge in [-0.15, -0.1) is 0 Å². The molecule has 126 valence electrons. The Labute approximate surface area is 133 Å². The van der Waals surface area contributed by atoms with Crippen molar-refractivity contribution in [2.45, 2.75) is 44.9 Å². The molecule has 1 unspecified atom stereocenters. The summed E-state index contributed by atoms with van der Waals surface area (Å²) in [5, 5.41) is 9.98. The predicted octanol–water partition coefficient (Wildman–Crippen LogP) is 0.723. The first-order valence-corrected chi connectivity index (χ1v) is 7.57. The second kappa shape index (κ2) is 7.77. The van der Waals surface area contributed by atoms with Gasteiger partial charge in [0.05, 0.1) is 0 Å². The average Bonchev–Trinajstić information content (AvgIpc) is 2.86. The summed E-state index contributed by atoms with van der Waals surface area (Å²) in [6, 6.07) is 1.43. The Morgan fingerprint density at radius 3 is 3.00 bits per heavy atom. The summed E-state index contributed by atoms with van der Waals surface area (Å²) < 4.78 is 11.7. The van der Waals surface area contributed by atoms with Gasteiger partial charge in [-0.3, -0.25) is 9.36 Å². The minimum Gasteiger partial charge on any atom is -0.468 e. The number of hydrogen-bond acceptors (Lipinski definition) is 7. The summed E-state index contributed by atoms with van der Waals surface area (Å²) in [5.41, 5.74) is 4.80. The molecule has 0 saturated carbocycles. The van der Waals surface area contributed by atoms with Gasteiger partial charge in [-0.25, -0.2) is 4.79 Å². The molecule has 0 aliphatic carbocycles. The van der Waals surface area contributed by atoms with Crippen LogP contribution in [0.2, 0.25) is 0 Å². The van der Waals surface area contributed by atoms with Crippen LogP contribution in [-0.2, 0) is 14.3 Å². The van der Waals surface area contributed by atoms with Crippen molar-refractivity contribution >= 4 is 11.8 Å². The number of hydrogen-bond donors (Lipinski definition) is 2. The first-order valence-electron chi connectivity index (χ1n) is 7.57. The standard InChI is InChI=1S/C15H21N3O5/c1-2-3-4-5-13(20)22-9-10-8-11(19)14(23-10)18-7-6-12(16)17-15(18)21/h6-8,11,14,19H,2-5,9H2,1H3,(H2,16,17,21)/t11-,14?/m1/s1. The molecule has 0 radical (unpaired) electrons. The minimum atomic E-state index is -1.04. The molecule has 3 N–H and O–H groups in total. The Balaban J connectivity index is 1.89. The second-order valence-electron chi connectivity index (χ2n) is 5.29. The smallest absolute Gasteiger partial charge is 0.352 e. The number of nitrogen functional groups attached to an aromatic ring is 1. The number of aliphatic hydroxyl groups excluding tert-OH is 1. The summed E-state index contributed by atoms with van der Waals surface area (Å²) in [4.78, 5) is 26.9. The van der Waals surface area contributed by atoms with E-state index in [0.29, 0.717) is 12.2 Å². The summed E-state index contributed by atoms with van der Waals surface area (Å²) in [7, 11) is 0. The Kier molecular flexibility index (Phi) is 5.75. The molecule has 0 bridgehead atoms. The molecule has 0 saturated heterocycles. The van der Waals surface area contributed by atoms with E-state index in [9.17, 15) is 14.7 Å².